The zero-order chi connectivity index (χ0) is 14.5. The largest absolute Gasteiger partial charge is 0.480 e. The Morgan fingerprint density at radius 2 is 2.30 bits per heavy atom. The normalized spacial score (nSPS) is 18.1. The van der Waals surface area contributed by atoms with E-state index in [2.05, 4.69) is 5.32 Å². The molecule has 7 heteroatoms. The average Bonchev–Trinajstić information content (AvgIpc) is 2.47. The first kappa shape index (κ1) is 14.2. The molecule has 104 valence electrons. The molecule has 1 unspecified atom stereocenters. The number of carbonyl (C=O) groups excluding carboxylic acids is 1. The second-order valence-corrected chi connectivity index (χ2v) is 5.39. The lowest BCUT2D eigenvalue weighted by Crippen LogP contribution is -2.51. The van der Waals surface area contributed by atoms with Crippen molar-refractivity contribution in [3.63, 3.8) is 0 Å². The van der Waals surface area contributed by atoms with Crippen LogP contribution in [0.5, 0.6) is 0 Å². The minimum Gasteiger partial charge on any atom is -0.480 e. The number of carboxylic acid groups (broad SMARTS) is 1. The minimum absolute atomic E-state index is 0.390. The third-order valence-electron chi connectivity index (χ3n) is 2.92. The van der Waals surface area contributed by atoms with Gasteiger partial charge in [0.25, 0.3) is 0 Å². The maximum atomic E-state index is 12.1. The van der Waals surface area contributed by atoms with Gasteiger partial charge in [-0.25, -0.2) is 9.59 Å². The van der Waals surface area contributed by atoms with Gasteiger partial charge in [0, 0.05) is 23.7 Å². The van der Waals surface area contributed by atoms with Gasteiger partial charge in [0.15, 0.2) is 0 Å². The van der Waals surface area contributed by atoms with Gasteiger partial charge in [0.2, 0.25) is 0 Å². The van der Waals surface area contributed by atoms with Gasteiger partial charge >= 0.3 is 12.0 Å². The highest BCUT2D eigenvalue weighted by Gasteiger charge is 2.32. The van der Waals surface area contributed by atoms with Gasteiger partial charge in [-0.15, -0.1) is 0 Å². The molecule has 0 aromatic heterocycles. The van der Waals surface area contributed by atoms with E-state index < -0.39 is 18.0 Å². The SMILES string of the molecule is N#Cc1cccc(NC(=O)N2CCSCC2C(=O)O)c1. The third-order valence-corrected chi connectivity index (χ3v) is 3.94. The van der Waals surface area contributed by atoms with Crippen molar-refractivity contribution in [1.29, 1.82) is 5.26 Å². The fourth-order valence-corrected chi connectivity index (χ4v) is 2.95. The Bertz CT molecular complexity index is 570. The molecular weight excluding hydrogens is 278 g/mol. The van der Waals surface area contributed by atoms with Crippen LogP contribution < -0.4 is 5.32 Å². The van der Waals surface area contributed by atoms with Crippen LogP contribution >= 0.6 is 11.8 Å². The number of anilines is 1. The molecule has 20 heavy (non-hydrogen) atoms. The number of hydrogen-bond acceptors (Lipinski definition) is 4. The van der Waals surface area contributed by atoms with E-state index >= 15 is 0 Å². The van der Waals surface area contributed by atoms with Crippen molar-refractivity contribution in [1.82, 2.24) is 4.90 Å². The van der Waals surface area contributed by atoms with Crippen molar-refractivity contribution in [3.8, 4) is 6.07 Å². The van der Waals surface area contributed by atoms with Crippen molar-refractivity contribution in [2.24, 2.45) is 0 Å². The molecule has 1 saturated heterocycles. The fraction of sp³-hybridized carbons (Fsp3) is 0.308. The standard InChI is InChI=1S/C13H13N3O3S/c14-7-9-2-1-3-10(6-9)15-13(19)16-4-5-20-8-11(16)12(17)18/h1-3,6,11H,4-5,8H2,(H,15,19)(H,17,18). The first-order valence-electron chi connectivity index (χ1n) is 6.00. The number of rotatable bonds is 2. The van der Waals surface area contributed by atoms with Crippen LogP contribution in [-0.2, 0) is 4.79 Å². The molecule has 1 aliphatic heterocycles. The van der Waals surface area contributed by atoms with E-state index in [-0.39, 0.29) is 0 Å². The summed E-state index contributed by atoms with van der Waals surface area (Å²) in [5.74, 6) is 0.106. The quantitative estimate of drug-likeness (QED) is 0.863. The summed E-state index contributed by atoms with van der Waals surface area (Å²) < 4.78 is 0. The third kappa shape index (κ3) is 3.22. The molecule has 0 spiro atoms. The number of carboxylic acids is 1. The van der Waals surface area contributed by atoms with Gasteiger partial charge in [-0.1, -0.05) is 6.07 Å². The van der Waals surface area contributed by atoms with Crippen LogP contribution in [0.3, 0.4) is 0 Å². The van der Waals surface area contributed by atoms with Crippen LogP contribution in [0, 0.1) is 11.3 Å². The smallest absolute Gasteiger partial charge is 0.327 e. The van der Waals surface area contributed by atoms with E-state index in [1.165, 1.54) is 16.7 Å². The van der Waals surface area contributed by atoms with Gasteiger partial charge in [0.05, 0.1) is 11.6 Å². The number of nitrogens with one attached hydrogen (secondary N) is 1. The predicted octanol–water partition coefficient (Wildman–Crippen LogP) is 1.59. The van der Waals surface area contributed by atoms with Crippen LogP contribution in [0.1, 0.15) is 5.56 Å². The van der Waals surface area contributed by atoms with Gasteiger partial charge < -0.3 is 15.3 Å². The number of hydrogen-bond donors (Lipinski definition) is 2. The molecule has 0 saturated carbocycles. The van der Waals surface area contributed by atoms with E-state index in [1.807, 2.05) is 6.07 Å². The van der Waals surface area contributed by atoms with E-state index in [1.54, 1.807) is 24.3 Å². The number of carbonyl (C=O) groups is 2. The van der Waals surface area contributed by atoms with Crippen LogP contribution in [-0.4, -0.2) is 46.1 Å². The lowest BCUT2D eigenvalue weighted by atomic mass is 10.2. The lowest BCUT2D eigenvalue weighted by Gasteiger charge is -2.32. The highest BCUT2D eigenvalue weighted by atomic mass is 32.2. The number of nitrogens with zero attached hydrogens (tertiary/aromatic N) is 2. The van der Waals surface area contributed by atoms with E-state index in [9.17, 15) is 9.59 Å². The molecule has 0 aliphatic carbocycles. The molecule has 1 aromatic rings. The molecule has 2 amide bonds. The Morgan fingerprint density at radius 1 is 1.50 bits per heavy atom. The molecule has 2 N–H and O–H groups in total. The monoisotopic (exact) mass is 291 g/mol. The van der Waals surface area contributed by atoms with Crippen LogP contribution in [0.15, 0.2) is 24.3 Å². The number of nitriles is 1. The summed E-state index contributed by atoms with van der Waals surface area (Å²) in [7, 11) is 0. The predicted molar refractivity (Wildman–Crippen MR) is 75.6 cm³/mol. The van der Waals surface area contributed by atoms with Crippen molar-refractivity contribution < 1.29 is 14.7 Å². The van der Waals surface area contributed by atoms with Crippen LogP contribution in [0.25, 0.3) is 0 Å². The average molecular weight is 291 g/mol. The Morgan fingerprint density at radius 3 is 3.00 bits per heavy atom. The molecule has 0 radical (unpaired) electrons. The van der Waals surface area contributed by atoms with Gasteiger partial charge in [-0.3, -0.25) is 0 Å². The first-order valence-corrected chi connectivity index (χ1v) is 7.15. The molecule has 1 fully saturated rings. The summed E-state index contributed by atoms with van der Waals surface area (Å²) in [6.07, 6.45) is 0. The fourth-order valence-electron chi connectivity index (χ4n) is 1.91. The van der Waals surface area contributed by atoms with Crippen molar-refractivity contribution >= 4 is 29.4 Å². The number of urea groups is 1. The summed E-state index contributed by atoms with van der Waals surface area (Å²) in [4.78, 5) is 24.6. The summed E-state index contributed by atoms with van der Waals surface area (Å²) in [5, 5.41) is 20.6. The van der Waals surface area contributed by atoms with Gasteiger partial charge in [-0.2, -0.15) is 17.0 Å². The van der Waals surface area contributed by atoms with E-state index in [4.69, 9.17) is 10.4 Å². The number of aliphatic carboxylic acids is 1. The van der Waals surface area contributed by atoms with Crippen LogP contribution in [0.2, 0.25) is 0 Å². The van der Waals surface area contributed by atoms with Gasteiger partial charge in [0.1, 0.15) is 6.04 Å². The lowest BCUT2D eigenvalue weighted by molar-refractivity contribution is -0.141. The van der Waals surface area contributed by atoms with E-state index in [0.29, 0.717) is 23.5 Å². The zero-order valence-corrected chi connectivity index (χ0v) is 11.4. The topological polar surface area (TPSA) is 93.4 Å². The molecule has 1 atom stereocenters. The number of thioether (sulfide) groups is 1. The summed E-state index contributed by atoms with van der Waals surface area (Å²) in [5.41, 5.74) is 0.920. The molecule has 1 aliphatic rings. The maximum Gasteiger partial charge on any atom is 0.327 e. The molecule has 1 heterocycles. The highest BCUT2D eigenvalue weighted by molar-refractivity contribution is 7.99. The second kappa shape index (κ2) is 6.30. The van der Waals surface area contributed by atoms with Crippen molar-refractivity contribution in [2.45, 2.75) is 6.04 Å². The summed E-state index contributed by atoms with van der Waals surface area (Å²) in [6, 6.07) is 7.22. The Balaban J connectivity index is 2.10. The molecule has 1 aromatic carbocycles. The molecular formula is C13H13N3O3S. The second-order valence-electron chi connectivity index (χ2n) is 4.25. The van der Waals surface area contributed by atoms with Crippen LogP contribution in [0.4, 0.5) is 10.5 Å². The minimum atomic E-state index is -1.00. The number of benzene rings is 1. The summed E-state index contributed by atoms with van der Waals surface area (Å²) in [6.45, 7) is 0.394. The maximum absolute atomic E-state index is 12.1. The Labute approximate surface area is 120 Å². The first-order chi connectivity index (χ1) is 9.61. The molecule has 0 bridgehead atoms. The molecule has 6 nitrogen and oxygen atoms in total. The van der Waals surface area contributed by atoms with Crippen molar-refractivity contribution in [3.05, 3.63) is 29.8 Å². The Hall–Kier alpha value is -2.20. The summed E-state index contributed by atoms with van der Waals surface area (Å²) >= 11 is 1.52. The zero-order valence-electron chi connectivity index (χ0n) is 10.6. The molecule has 2 rings (SSSR count). The Kier molecular flexibility index (Phi) is 4.48. The van der Waals surface area contributed by atoms with Gasteiger partial charge in [-0.05, 0) is 18.2 Å². The van der Waals surface area contributed by atoms with Crippen molar-refractivity contribution in [2.75, 3.05) is 23.4 Å². The highest BCUT2D eigenvalue weighted by Crippen LogP contribution is 2.18. The van der Waals surface area contributed by atoms with E-state index in [0.717, 1.165) is 5.75 Å². The number of amides is 2.